The van der Waals surface area contributed by atoms with Gasteiger partial charge in [0.25, 0.3) is 0 Å². The predicted octanol–water partition coefficient (Wildman–Crippen LogP) is 1.11. The van der Waals surface area contributed by atoms with Crippen molar-refractivity contribution >= 4 is 11.9 Å². The Bertz CT molecular complexity index is 344. The van der Waals surface area contributed by atoms with Crippen LogP contribution in [-0.2, 0) is 9.59 Å². The van der Waals surface area contributed by atoms with Gasteiger partial charge >= 0.3 is 5.97 Å². The normalized spacial score (nSPS) is 31.9. The fourth-order valence-corrected chi connectivity index (χ4v) is 3.02. The maximum absolute atomic E-state index is 11.7. The molecule has 4 nitrogen and oxygen atoms in total. The highest BCUT2D eigenvalue weighted by molar-refractivity contribution is 5.86. The Morgan fingerprint density at radius 1 is 1.44 bits per heavy atom. The van der Waals surface area contributed by atoms with Gasteiger partial charge in [0.05, 0.1) is 5.92 Å². The second-order valence-corrected chi connectivity index (χ2v) is 5.65. The van der Waals surface area contributed by atoms with E-state index < -0.39 is 11.9 Å². The molecule has 1 heterocycles. The van der Waals surface area contributed by atoms with Crippen molar-refractivity contribution in [2.45, 2.75) is 32.1 Å². The number of rotatable bonds is 4. The largest absolute Gasteiger partial charge is 0.481 e. The molecule has 3 rings (SSSR count). The number of nitrogens with zero attached hydrogens (tertiary/aromatic N) is 1. The second-order valence-electron chi connectivity index (χ2n) is 5.65. The summed E-state index contributed by atoms with van der Waals surface area (Å²) in [5.74, 6) is -0.432. The highest BCUT2D eigenvalue weighted by atomic mass is 16.4. The zero-order chi connectivity index (χ0) is 11.3. The predicted molar refractivity (Wildman–Crippen MR) is 56.7 cm³/mol. The van der Waals surface area contributed by atoms with E-state index in [9.17, 15) is 9.59 Å². The van der Waals surface area contributed by atoms with Crippen molar-refractivity contribution < 1.29 is 14.7 Å². The maximum atomic E-state index is 11.7. The van der Waals surface area contributed by atoms with Crippen LogP contribution in [-0.4, -0.2) is 35.0 Å². The summed E-state index contributed by atoms with van der Waals surface area (Å²) in [6.45, 7) is 1.25. The van der Waals surface area contributed by atoms with Crippen LogP contribution in [0.2, 0.25) is 0 Å². The molecule has 1 atom stereocenters. The summed E-state index contributed by atoms with van der Waals surface area (Å²) in [7, 11) is 0. The molecule has 3 fully saturated rings. The average Bonchev–Trinajstić information content (AvgIpc) is 3.09. The molecule has 3 aliphatic rings. The van der Waals surface area contributed by atoms with Crippen molar-refractivity contribution in [1.29, 1.82) is 0 Å². The lowest BCUT2D eigenvalue weighted by Gasteiger charge is -2.23. The molecule has 0 aromatic rings. The maximum Gasteiger partial charge on any atom is 0.308 e. The van der Waals surface area contributed by atoms with Crippen LogP contribution in [0.15, 0.2) is 0 Å². The zero-order valence-electron chi connectivity index (χ0n) is 9.32. The molecule has 2 saturated carbocycles. The fourth-order valence-electron chi connectivity index (χ4n) is 3.02. The molecule has 0 bridgehead atoms. The molecule has 1 N–H and O–H groups in total. The molecular weight excluding hydrogens is 206 g/mol. The summed E-state index contributed by atoms with van der Waals surface area (Å²) in [5.41, 5.74) is 0.392. The van der Waals surface area contributed by atoms with Gasteiger partial charge in [-0.2, -0.15) is 0 Å². The van der Waals surface area contributed by atoms with E-state index in [1.165, 1.54) is 25.7 Å². The first-order valence-corrected chi connectivity index (χ1v) is 6.11. The van der Waals surface area contributed by atoms with Gasteiger partial charge in [-0.05, 0) is 37.0 Å². The van der Waals surface area contributed by atoms with E-state index in [1.54, 1.807) is 4.90 Å². The highest BCUT2D eigenvalue weighted by Gasteiger charge is 2.55. The van der Waals surface area contributed by atoms with Crippen LogP contribution in [0.4, 0.5) is 0 Å². The van der Waals surface area contributed by atoms with Crippen molar-refractivity contribution in [3.05, 3.63) is 0 Å². The number of amides is 1. The van der Waals surface area contributed by atoms with Crippen LogP contribution in [0, 0.1) is 17.3 Å². The molecule has 88 valence electrons. The number of carboxylic acids is 1. The quantitative estimate of drug-likeness (QED) is 0.776. The molecule has 1 aliphatic heterocycles. The number of likely N-dealkylation sites (tertiary alicyclic amines) is 1. The molecule has 1 saturated heterocycles. The summed E-state index contributed by atoms with van der Waals surface area (Å²) in [6.07, 6.45) is 5.29. The van der Waals surface area contributed by atoms with Gasteiger partial charge in [-0.25, -0.2) is 0 Å². The standard InChI is InChI=1S/C12H17NO3/c14-10-5-8(11(15)16)6-13(10)7-12(3-4-12)9-1-2-9/h8-9H,1-7H2,(H,15,16). The Hall–Kier alpha value is -1.06. The van der Waals surface area contributed by atoms with E-state index in [0.717, 1.165) is 12.5 Å². The second kappa shape index (κ2) is 3.22. The molecular formula is C12H17NO3. The Kier molecular flexibility index (Phi) is 2.03. The summed E-state index contributed by atoms with van der Waals surface area (Å²) in [4.78, 5) is 24.3. The van der Waals surface area contributed by atoms with E-state index in [4.69, 9.17) is 5.11 Å². The van der Waals surface area contributed by atoms with E-state index >= 15 is 0 Å². The van der Waals surface area contributed by atoms with E-state index in [-0.39, 0.29) is 12.3 Å². The minimum atomic E-state index is -0.827. The first kappa shape index (κ1) is 10.1. The third-order valence-corrected chi connectivity index (χ3v) is 4.41. The number of carbonyl (C=O) groups excluding carboxylic acids is 1. The van der Waals surface area contributed by atoms with E-state index in [1.807, 2.05) is 0 Å². The number of hydrogen-bond acceptors (Lipinski definition) is 2. The smallest absolute Gasteiger partial charge is 0.308 e. The number of hydrogen-bond donors (Lipinski definition) is 1. The Labute approximate surface area is 94.6 Å². The molecule has 1 amide bonds. The van der Waals surface area contributed by atoms with Crippen LogP contribution in [0.3, 0.4) is 0 Å². The highest BCUT2D eigenvalue weighted by Crippen LogP contribution is 2.61. The molecule has 2 aliphatic carbocycles. The molecule has 0 aromatic heterocycles. The SMILES string of the molecule is O=C(O)C1CC(=O)N(CC2(C3CC3)CC2)C1. The van der Waals surface area contributed by atoms with Gasteiger partial charge in [-0.15, -0.1) is 0 Å². The number of carbonyl (C=O) groups is 2. The van der Waals surface area contributed by atoms with Gasteiger partial charge < -0.3 is 10.0 Å². The van der Waals surface area contributed by atoms with Crippen molar-refractivity contribution in [1.82, 2.24) is 4.90 Å². The van der Waals surface area contributed by atoms with Crippen LogP contribution in [0.1, 0.15) is 32.1 Å². The fraction of sp³-hybridized carbons (Fsp3) is 0.833. The zero-order valence-corrected chi connectivity index (χ0v) is 9.32. The Morgan fingerprint density at radius 2 is 2.12 bits per heavy atom. The Morgan fingerprint density at radius 3 is 2.56 bits per heavy atom. The van der Waals surface area contributed by atoms with Gasteiger partial charge in [0.2, 0.25) is 5.91 Å². The molecule has 16 heavy (non-hydrogen) atoms. The van der Waals surface area contributed by atoms with Crippen LogP contribution < -0.4 is 0 Å². The molecule has 4 heteroatoms. The molecule has 0 spiro atoms. The van der Waals surface area contributed by atoms with Gasteiger partial charge in [0.15, 0.2) is 0 Å². The minimum Gasteiger partial charge on any atom is -0.481 e. The van der Waals surface area contributed by atoms with E-state index in [0.29, 0.717) is 12.0 Å². The van der Waals surface area contributed by atoms with Crippen molar-refractivity contribution in [2.75, 3.05) is 13.1 Å². The van der Waals surface area contributed by atoms with Crippen molar-refractivity contribution in [3.63, 3.8) is 0 Å². The first-order valence-electron chi connectivity index (χ1n) is 6.11. The van der Waals surface area contributed by atoms with E-state index in [2.05, 4.69) is 0 Å². The number of carboxylic acid groups (broad SMARTS) is 1. The first-order chi connectivity index (χ1) is 7.61. The lowest BCUT2D eigenvalue weighted by Crippen LogP contribution is -2.33. The monoisotopic (exact) mass is 223 g/mol. The summed E-state index contributed by atoms with van der Waals surface area (Å²) < 4.78 is 0. The Balaban J connectivity index is 1.63. The topological polar surface area (TPSA) is 57.6 Å². The van der Waals surface area contributed by atoms with Crippen LogP contribution in [0.5, 0.6) is 0 Å². The van der Waals surface area contributed by atoms with Gasteiger partial charge in [0.1, 0.15) is 0 Å². The van der Waals surface area contributed by atoms with Gasteiger partial charge in [0, 0.05) is 19.5 Å². The average molecular weight is 223 g/mol. The lowest BCUT2D eigenvalue weighted by atomic mass is 10.00. The summed E-state index contributed by atoms with van der Waals surface area (Å²) in [5, 5.41) is 8.91. The minimum absolute atomic E-state index is 0.0410. The van der Waals surface area contributed by atoms with Gasteiger partial charge in [-0.3, -0.25) is 9.59 Å². The number of aliphatic carboxylic acids is 1. The third-order valence-electron chi connectivity index (χ3n) is 4.41. The van der Waals surface area contributed by atoms with Crippen LogP contribution in [0.25, 0.3) is 0 Å². The van der Waals surface area contributed by atoms with Crippen LogP contribution >= 0.6 is 0 Å². The summed E-state index contributed by atoms with van der Waals surface area (Å²) in [6, 6.07) is 0. The third kappa shape index (κ3) is 1.60. The molecule has 0 aromatic carbocycles. The molecule has 1 unspecified atom stereocenters. The lowest BCUT2D eigenvalue weighted by molar-refractivity contribution is -0.141. The van der Waals surface area contributed by atoms with Crippen molar-refractivity contribution in [3.8, 4) is 0 Å². The molecule has 0 radical (unpaired) electrons. The van der Waals surface area contributed by atoms with Gasteiger partial charge in [-0.1, -0.05) is 0 Å². The van der Waals surface area contributed by atoms with Crippen molar-refractivity contribution in [2.24, 2.45) is 17.3 Å². The summed E-state index contributed by atoms with van der Waals surface area (Å²) >= 11 is 0.